The van der Waals surface area contributed by atoms with Gasteiger partial charge >= 0.3 is 0 Å². The summed E-state index contributed by atoms with van der Waals surface area (Å²) in [4.78, 5) is 2.09. The van der Waals surface area contributed by atoms with Crippen molar-refractivity contribution in [1.29, 1.82) is 0 Å². The molecule has 4 heteroatoms. The third kappa shape index (κ3) is 3.04. The molecule has 1 heterocycles. The number of anilines is 1. The van der Waals surface area contributed by atoms with E-state index in [1.807, 2.05) is 55.1 Å². The number of amidine groups is 1. The van der Waals surface area contributed by atoms with Crippen molar-refractivity contribution >= 4 is 11.5 Å². The molecule has 1 aliphatic heterocycles. The molecule has 19 heavy (non-hydrogen) atoms. The summed E-state index contributed by atoms with van der Waals surface area (Å²) in [5.74, 6) is 0.948. The molecule has 1 radical (unpaired) electrons. The summed E-state index contributed by atoms with van der Waals surface area (Å²) >= 11 is 0. The van der Waals surface area contributed by atoms with Crippen molar-refractivity contribution in [3.63, 3.8) is 0 Å². The SMILES string of the molecule is CN1[CH-]N(c2ccccc2)C(c2ccccc2)=N1.[Y]. The monoisotopic (exact) mass is 325 g/mol. The maximum Gasteiger partial charge on any atom is 0.129 e. The number of rotatable bonds is 2. The zero-order chi connectivity index (χ0) is 12.4. The quantitative estimate of drug-likeness (QED) is 0.791. The average Bonchev–Trinajstić information content (AvgIpc) is 2.83. The third-order valence-electron chi connectivity index (χ3n) is 2.83. The first-order valence-electron chi connectivity index (χ1n) is 5.91. The van der Waals surface area contributed by atoms with Crippen LogP contribution in [0.15, 0.2) is 65.8 Å². The Bertz CT molecular complexity index is 554. The molecule has 0 saturated carbocycles. The van der Waals surface area contributed by atoms with E-state index in [0.717, 1.165) is 17.1 Å². The predicted octanol–water partition coefficient (Wildman–Crippen LogP) is 2.92. The molecule has 0 spiro atoms. The van der Waals surface area contributed by atoms with Crippen LogP contribution in [0.1, 0.15) is 5.56 Å². The fraction of sp³-hybridized carbons (Fsp3) is 0.0667. The van der Waals surface area contributed by atoms with E-state index in [0.29, 0.717) is 0 Å². The van der Waals surface area contributed by atoms with Crippen LogP contribution in [0.3, 0.4) is 0 Å². The van der Waals surface area contributed by atoms with Crippen LogP contribution in [0.25, 0.3) is 0 Å². The zero-order valence-electron chi connectivity index (χ0n) is 10.8. The second-order valence-corrected chi connectivity index (χ2v) is 4.18. The third-order valence-corrected chi connectivity index (χ3v) is 2.83. The standard InChI is InChI=1S/C15H14N3.Y/c1-17-12-18(14-10-6-3-7-11-14)15(16-17)13-8-4-2-5-9-13;/h2-12H,1H3;/q-1;. The molecule has 0 bridgehead atoms. The van der Waals surface area contributed by atoms with Gasteiger partial charge in [-0.15, -0.1) is 6.67 Å². The Morgan fingerprint density at radius 3 is 2.11 bits per heavy atom. The van der Waals surface area contributed by atoms with E-state index in [4.69, 9.17) is 0 Å². The van der Waals surface area contributed by atoms with Gasteiger partial charge in [0.25, 0.3) is 0 Å². The van der Waals surface area contributed by atoms with Gasteiger partial charge in [0.2, 0.25) is 0 Å². The zero-order valence-corrected chi connectivity index (χ0v) is 13.6. The maximum absolute atomic E-state index is 4.54. The van der Waals surface area contributed by atoms with Gasteiger partial charge < -0.3 is 9.91 Å². The van der Waals surface area contributed by atoms with E-state index >= 15 is 0 Å². The van der Waals surface area contributed by atoms with Crippen LogP contribution in [-0.2, 0) is 32.7 Å². The molecule has 0 amide bonds. The molecule has 0 N–H and O–H groups in total. The van der Waals surface area contributed by atoms with E-state index in [1.165, 1.54) is 0 Å². The van der Waals surface area contributed by atoms with Gasteiger partial charge in [0.1, 0.15) is 5.84 Å². The van der Waals surface area contributed by atoms with Gasteiger partial charge in [0.15, 0.2) is 0 Å². The summed E-state index contributed by atoms with van der Waals surface area (Å²) in [5.41, 5.74) is 2.23. The Balaban J connectivity index is 0.00000133. The van der Waals surface area contributed by atoms with Gasteiger partial charge in [0, 0.05) is 44.0 Å². The summed E-state index contributed by atoms with van der Waals surface area (Å²) in [6.45, 7) is 1.98. The Labute approximate surface area is 138 Å². The van der Waals surface area contributed by atoms with E-state index in [-0.39, 0.29) is 32.7 Å². The summed E-state index contributed by atoms with van der Waals surface area (Å²) in [5, 5.41) is 6.37. The van der Waals surface area contributed by atoms with Crippen LogP contribution in [0.4, 0.5) is 5.69 Å². The van der Waals surface area contributed by atoms with Gasteiger partial charge in [-0.2, -0.15) is 5.10 Å². The molecular weight excluding hydrogens is 311 g/mol. The molecule has 0 atom stereocenters. The van der Waals surface area contributed by atoms with Crippen molar-refractivity contribution in [2.24, 2.45) is 5.10 Å². The van der Waals surface area contributed by atoms with E-state index in [1.54, 1.807) is 0 Å². The molecule has 3 nitrogen and oxygen atoms in total. The Morgan fingerprint density at radius 1 is 0.895 bits per heavy atom. The van der Waals surface area contributed by atoms with Crippen LogP contribution in [0.5, 0.6) is 0 Å². The van der Waals surface area contributed by atoms with Crippen LogP contribution >= 0.6 is 0 Å². The van der Waals surface area contributed by atoms with Crippen molar-refractivity contribution in [3.05, 3.63) is 72.9 Å². The van der Waals surface area contributed by atoms with Gasteiger partial charge in [0.05, 0.1) is 0 Å². The van der Waals surface area contributed by atoms with Gasteiger partial charge in [-0.3, -0.25) is 0 Å². The first-order chi connectivity index (χ1) is 8.84. The number of hydrogen-bond donors (Lipinski definition) is 0. The summed E-state index contributed by atoms with van der Waals surface area (Å²) in [7, 11) is 1.94. The van der Waals surface area contributed by atoms with E-state index in [9.17, 15) is 0 Å². The first-order valence-corrected chi connectivity index (χ1v) is 5.91. The number of hydrogen-bond acceptors (Lipinski definition) is 3. The number of hydrazone groups is 1. The largest absolute Gasteiger partial charge is 0.456 e. The van der Waals surface area contributed by atoms with Crippen LogP contribution in [0.2, 0.25) is 0 Å². The Hall–Kier alpha value is -1.19. The smallest absolute Gasteiger partial charge is 0.129 e. The molecule has 0 fully saturated rings. The molecule has 2 aromatic carbocycles. The molecule has 2 aromatic rings. The predicted molar refractivity (Wildman–Crippen MR) is 74.0 cm³/mol. The summed E-state index contributed by atoms with van der Waals surface area (Å²) < 4.78 is 0. The number of nitrogens with zero attached hydrogens (tertiary/aromatic N) is 3. The second kappa shape index (κ2) is 6.31. The van der Waals surface area contributed by atoms with Crippen LogP contribution in [-0.4, -0.2) is 17.9 Å². The minimum atomic E-state index is 0. The molecule has 0 aromatic heterocycles. The Kier molecular flexibility index (Phi) is 4.73. The number of benzene rings is 2. The minimum Gasteiger partial charge on any atom is -0.456 e. The van der Waals surface area contributed by atoms with Crippen LogP contribution in [0, 0.1) is 6.67 Å². The van der Waals surface area contributed by atoms with Crippen LogP contribution < -0.4 is 4.90 Å². The minimum absolute atomic E-state index is 0. The first kappa shape index (κ1) is 14.2. The fourth-order valence-corrected chi connectivity index (χ4v) is 2.01. The van der Waals surface area contributed by atoms with Crippen molar-refractivity contribution < 1.29 is 32.7 Å². The molecule has 0 aliphatic carbocycles. The maximum atomic E-state index is 4.54. The molecule has 0 saturated heterocycles. The molecular formula is C15H14N3Y-. The topological polar surface area (TPSA) is 18.8 Å². The fourth-order valence-electron chi connectivity index (χ4n) is 2.01. The average molecular weight is 325 g/mol. The molecule has 3 rings (SSSR count). The van der Waals surface area contributed by atoms with E-state index in [2.05, 4.69) is 34.3 Å². The molecule has 0 unspecified atom stereocenters. The van der Waals surface area contributed by atoms with Gasteiger partial charge in [-0.05, 0) is 19.2 Å². The van der Waals surface area contributed by atoms with Gasteiger partial charge in [-0.25, -0.2) is 0 Å². The Morgan fingerprint density at radius 2 is 1.47 bits per heavy atom. The normalized spacial score (nSPS) is 14.1. The molecule has 93 valence electrons. The number of para-hydroxylation sites is 1. The van der Waals surface area contributed by atoms with Crippen molar-refractivity contribution in [2.75, 3.05) is 11.9 Å². The summed E-state index contributed by atoms with van der Waals surface area (Å²) in [6, 6.07) is 20.4. The van der Waals surface area contributed by atoms with E-state index < -0.39 is 0 Å². The van der Waals surface area contributed by atoms with Crippen molar-refractivity contribution in [2.45, 2.75) is 0 Å². The van der Waals surface area contributed by atoms with Crippen molar-refractivity contribution in [1.82, 2.24) is 5.01 Å². The molecule has 1 aliphatic rings. The van der Waals surface area contributed by atoms with Gasteiger partial charge in [-0.1, -0.05) is 48.5 Å². The second-order valence-electron chi connectivity index (χ2n) is 4.18. The summed E-state index contributed by atoms with van der Waals surface area (Å²) in [6.07, 6.45) is 0. The van der Waals surface area contributed by atoms with Crippen molar-refractivity contribution in [3.8, 4) is 0 Å².